The highest BCUT2D eigenvalue weighted by Crippen LogP contribution is 2.54. The molecule has 4 aliphatic rings. The number of oxime groups is 1. The summed E-state index contributed by atoms with van der Waals surface area (Å²) in [6.07, 6.45) is -1.08. The Hall–Kier alpha value is -2.99. The highest BCUT2D eigenvalue weighted by molar-refractivity contribution is 6.09. The van der Waals surface area contributed by atoms with E-state index in [1.807, 2.05) is 61.5 Å². The van der Waals surface area contributed by atoms with E-state index in [2.05, 4.69) is 5.16 Å². The molecule has 3 fully saturated rings. The van der Waals surface area contributed by atoms with Gasteiger partial charge in [0.25, 0.3) is 0 Å². The van der Waals surface area contributed by atoms with Crippen molar-refractivity contribution in [2.75, 3.05) is 0 Å². The predicted octanol–water partition coefficient (Wildman–Crippen LogP) is 2.30. The van der Waals surface area contributed by atoms with E-state index in [1.54, 1.807) is 0 Å². The normalized spacial score (nSPS) is 34.2. The van der Waals surface area contributed by atoms with Crippen molar-refractivity contribution in [3.05, 3.63) is 71.3 Å². The van der Waals surface area contributed by atoms with E-state index in [1.165, 1.54) is 10.5 Å². The Labute approximate surface area is 168 Å². The standard InChI is InChI=1S/C23H20N2O4/c1-12-7-9-14(10-8-12)18-17-19-15-16(20(28-19)21(17)29-24-18)23(27)25(22(15)26)11-13-5-3-2-4-6-13/h2-10,15-17,19-21H,11H2,1H3/t15-,16+,17-,19+,20-,21-/m0/s1. The molecule has 4 heterocycles. The first-order chi connectivity index (χ1) is 14.1. The first-order valence-corrected chi connectivity index (χ1v) is 9.99. The number of ether oxygens (including phenoxy) is 1. The van der Waals surface area contributed by atoms with Gasteiger partial charge >= 0.3 is 0 Å². The maximum atomic E-state index is 13.2. The summed E-state index contributed by atoms with van der Waals surface area (Å²) in [5.41, 5.74) is 3.92. The summed E-state index contributed by atoms with van der Waals surface area (Å²) in [6.45, 7) is 2.34. The first-order valence-electron chi connectivity index (χ1n) is 9.99. The van der Waals surface area contributed by atoms with Crippen LogP contribution in [0.2, 0.25) is 0 Å². The molecule has 0 spiro atoms. The lowest BCUT2D eigenvalue weighted by atomic mass is 9.71. The number of imide groups is 1. The van der Waals surface area contributed by atoms with E-state index < -0.39 is 17.9 Å². The lowest BCUT2D eigenvalue weighted by Gasteiger charge is -2.26. The molecule has 0 aliphatic carbocycles. The van der Waals surface area contributed by atoms with Gasteiger partial charge in [0.1, 0.15) is 6.10 Å². The van der Waals surface area contributed by atoms with Gasteiger partial charge in [-0.05, 0) is 18.1 Å². The number of carbonyl (C=O) groups is 2. The Bertz CT molecular complexity index is 1030. The minimum absolute atomic E-state index is 0.114. The molecule has 6 nitrogen and oxygen atoms in total. The van der Waals surface area contributed by atoms with Crippen LogP contribution in [0.3, 0.4) is 0 Å². The molecule has 146 valence electrons. The Balaban J connectivity index is 1.30. The third-order valence-corrected chi connectivity index (χ3v) is 6.66. The fourth-order valence-corrected chi connectivity index (χ4v) is 5.30. The molecule has 3 saturated heterocycles. The minimum Gasteiger partial charge on any atom is -0.389 e. The molecule has 6 rings (SSSR count). The molecule has 2 aromatic rings. The zero-order chi connectivity index (χ0) is 19.7. The quantitative estimate of drug-likeness (QED) is 0.757. The number of nitrogens with zero attached hydrogens (tertiary/aromatic N) is 2. The molecule has 0 aromatic heterocycles. The lowest BCUT2D eigenvalue weighted by molar-refractivity contribution is -0.144. The average molecular weight is 388 g/mol. The molecule has 6 heteroatoms. The fourth-order valence-electron chi connectivity index (χ4n) is 5.30. The van der Waals surface area contributed by atoms with Crippen molar-refractivity contribution < 1.29 is 19.2 Å². The van der Waals surface area contributed by atoms with Crippen LogP contribution in [0.25, 0.3) is 0 Å². The maximum Gasteiger partial charge on any atom is 0.236 e. The van der Waals surface area contributed by atoms with E-state index in [4.69, 9.17) is 9.57 Å². The Kier molecular flexibility index (Phi) is 3.50. The van der Waals surface area contributed by atoms with E-state index in [0.29, 0.717) is 6.54 Å². The smallest absolute Gasteiger partial charge is 0.236 e. The lowest BCUT2D eigenvalue weighted by Crippen LogP contribution is -2.45. The van der Waals surface area contributed by atoms with E-state index in [0.717, 1.165) is 16.8 Å². The van der Waals surface area contributed by atoms with Gasteiger partial charge in [0, 0.05) is 0 Å². The van der Waals surface area contributed by atoms with Gasteiger partial charge in [-0.3, -0.25) is 14.5 Å². The van der Waals surface area contributed by atoms with Gasteiger partial charge in [-0.25, -0.2) is 0 Å². The monoisotopic (exact) mass is 388 g/mol. The molecule has 4 aliphatic heterocycles. The molecule has 0 saturated carbocycles. The number of fused-ring (bicyclic) bond motifs is 8. The second-order valence-corrected chi connectivity index (χ2v) is 8.30. The van der Waals surface area contributed by atoms with Crippen molar-refractivity contribution >= 4 is 17.5 Å². The van der Waals surface area contributed by atoms with Gasteiger partial charge in [0.15, 0.2) is 6.10 Å². The minimum atomic E-state index is -0.468. The maximum absolute atomic E-state index is 13.2. The summed E-state index contributed by atoms with van der Waals surface area (Å²) in [4.78, 5) is 33.4. The number of likely N-dealkylation sites (tertiary alicyclic amines) is 1. The number of benzene rings is 2. The third-order valence-electron chi connectivity index (χ3n) is 6.66. The summed E-state index contributed by atoms with van der Waals surface area (Å²) in [5, 5.41) is 4.33. The van der Waals surface area contributed by atoms with Crippen molar-refractivity contribution in [1.29, 1.82) is 0 Å². The number of rotatable bonds is 3. The van der Waals surface area contributed by atoms with Crippen LogP contribution in [-0.2, 0) is 25.7 Å². The number of hydrogen-bond donors (Lipinski definition) is 0. The van der Waals surface area contributed by atoms with Crippen LogP contribution < -0.4 is 0 Å². The topological polar surface area (TPSA) is 68.2 Å². The van der Waals surface area contributed by atoms with Crippen LogP contribution in [0.1, 0.15) is 16.7 Å². The first kappa shape index (κ1) is 16.9. The van der Waals surface area contributed by atoms with Crippen molar-refractivity contribution in [1.82, 2.24) is 4.90 Å². The van der Waals surface area contributed by atoms with Crippen LogP contribution in [0.15, 0.2) is 59.8 Å². The number of aryl methyl sites for hydroxylation is 1. The van der Waals surface area contributed by atoms with Crippen molar-refractivity contribution in [3.8, 4) is 0 Å². The summed E-state index contributed by atoms with van der Waals surface area (Å²) >= 11 is 0. The largest absolute Gasteiger partial charge is 0.389 e. The van der Waals surface area contributed by atoms with Crippen LogP contribution in [0, 0.1) is 24.7 Å². The molecule has 2 amide bonds. The van der Waals surface area contributed by atoms with Crippen molar-refractivity contribution in [2.45, 2.75) is 31.8 Å². The predicted molar refractivity (Wildman–Crippen MR) is 104 cm³/mol. The van der Waals surface area contributed by atoms with E-state index >= 15 is 0 Å². The molecule has 0 unspecified atom stereocenters. The summed E-state index contributed by atoms with van der Waals surface area (Å²) in [5.74, 6) is -1.32. The van der Waals surface area contributed by atoms with Crippen molar-refractivity contribution in [3.63, 3.8) is 0 Å². The van der Waals surface area contributed by atoms with E-state index in [-0.39, 0.29) is 29.9 Å². The van der Waals surface area contributed by atoms with Gasteiger partial charge in [-0.2, -0.15) is 0 Å². The highest BCUT2D eigenvalue weighted by Gasteiger charge is 2.72. The van der Waals surface area contributed by atoms with Gasteiger partial charge in [-0.1, -0.05) is 65.3 Å². The second-order valence-electron chi connectivity index (χ2n) is 8.30. The SMILES string of the molecule is Cc1ccc(C2=NO[C@@H]3[C@H]4O[C@@H]([C@H]23)[C@H]2C(=O)N(Cc3ccccc3)C(=O)[C@@H]42)cc1. The summed E-state index contributed by atoms with van der Waals surface area (Å²) in [6, 6.07) is 17.7. The molecular formula is C23H20N2O4. The number of amides is 2. The number of carbonyl (C=O) groups excluding carboxylic acids is 2. The molecule has 2 aromatic carbocycles. The van der Waals surface area contributed by atoms with Crippen LogP contribution in [-0.4, -0.2) is 40.7 Å². The Morgan fingerprint density at radius 3 is 2.28 bits per heavy atom. The molecule has 6 atom stereocenters. The van der Waals surface area contributed by atoms with Gasteiger partial charge in [0.2, 0.25) is 11.8 Å². The second kappa shape index (κ2) is 6.00. The average Bonchev–Trinajstić information content (AvgIpc) is 3.47. The van der Waals surface area contributed by atoms with Crippen LogP contribution >= 0.6 is 0 Å². The van der Waals surface area contributed by atoms with E-state index in [9.17, 15) is 9.59 Å². The Morgan fingerprint density at radius 2 is 1.55 bits per heavy atom. The Morgan fingerprint density at radius 1 is 0.862 bits per heavy atom. The highest BCUT2D eigenvalue weighted by atomic mass is 16.7. The van der Waals surface area contributed by atoms with Gasteiger partial charge in [0.05, 0.1) is 36.1 Å². The van der Waals surface area contributed by atoms with Crippen LogP contribution in [0.5, 0.6) is 0 Å². The molecule has 29 heavy (non-hydrogen) atoms. The molecule has 0 radical (unpaired) electrons. The van der Waals surface area contributed by atoms with Crippen molar-refractivity contribution in [2.24, 2.45) is 22.9 Å². The third kappa shape index (κ3) is 2.29. The summed E-state index contributed by atoms with van der Waals surface area (Å²) < 4.78 is 6.15. The number of hydrogen-bond acceptors (Lipinski definition) is 5. The molecule has 2 bridgehead atoms. The van der Waals surface area contributed by atoms with Gasteiger partial charge < -0.3 is 9.57 Å². The molecular weight excluding hydrogens is 368 g/mol. The molecule has 0 N–H and O–H groups in total. The summed E-state index contributed by atoms with van der Waals surface area (Å²) in [7, 11) is 0. The van der Waals surface area contributed by atoms with Crippen LogP contribution in [0.4, 0.5) is 0 Å². The fraction of sp³-hybridized carbons (Fsp3) is 0.348. The zero-order valence-electron chi connectivity index (χ0n) is 15.9. The van der Waals surface area contributed by atoms with Gasteiger partial charge in [-0.15, -0.1) is 0 Å². The zero-order valence-corrected chi connectivity index (χ0v) is 15.9.